The van der Waals surface area contributed by atoms with Gasteiger partial charge in [0.2, 0.25) is 13.1 Å². The second-order valence-electron chi connectivity index (χ2n) is 16.8. The zero-order chi connectivity index (χ0) is 48.8. The molecule has 69 heavy (non-hydrogen) atoms. The molecule has 2 aromatic carbocycles. The number of allylic oxidation sites excluding steroid dienone is 2. The van der Waals surface area contributed by atoms with Crippen molar-refractivity contribution in [3.63, 3.8) is 0 Å². The van der Waals surface area contributed by atoms with Gasteiger partial charge in [0.25, 0.3) is 11.8 Å². The molecule has 16 nitrogen and oxygen atoms in total. The zero-order valence-electron chi connectivity index (χ0n) is 39.7. The Morgan fingerprint density at radius 3 is 1.42 bits per heavy atom. The lowest BCUT2D eigenvalue weighted by Gasteiger charge is -2.24. The maximum Gasteiger partial charge on any atom is 0.288 e. The predicted molar refractivity (Wildman–Crippen MR) is 270 cm³/mol. The third kappa shape index (κ3) is 16.6. The van der Waals surface area contributed by atoms with Crippen molar-refractivity contribution in [1.82, 2.24) is 10.6 Å². The number of fused-ring (bicyclic) bond motifs is 2. The van der Waals surface area contributed by atoms with Crippen LogP contribution >= 0.6 is 21.6 Å². The normalized spacial score (nSPS) is 15.3. The molecule has 0 saturated carbocycles. The summed E-state index contributed by atoms with van der Waals surface area (Å²) in [5, 5.41) is 43.4. The summed E-state index contributed by atoms with van der Waals surface area (Å²) in [4.78, 5) is 51.2. The highest BCUT2D eigenvalue weighted by Gasteiger charge is 2.24. The molecule has 0 saturated heterocycles. The molecule has 372 valence electrons. The van der Waals surface area contributed by atoms with E-state index in [1.165, 1.54) is 69.2 Å². The average Bonchev–Trinajstić information content (AvgIpc) is 3.34. The molecule has 6 N–H and O–H groups in total. The van der Waals surface area contributed by atoms with E-state index in [0.717, 1.165) is 61.0 Å². The summed E-state index contributed by atoms with van der Waals surface area (Å²) >= 11 is 0. The van der Waals surface area contributed by atoms with Crippen LogP contribution in [-0.4, -0.2) is 123 Å². The standard InChI is InChI=1S/C51H66N6O10S2/c1-64-66-50(52-48(62)34-54-21-18-46-40(6-3-8-42(46)32-54)30-38-10-14-44(15-11-38)56(23-27-59)20-5-26-58)36-68-69-37-51(67-65-2)53-49(63)35-55-22-19-47-41(7-4-9-43(47)33-55)31-39-12-16-45(17-13-39)57(24-28-60)25-29-61/h10-19,21-22,30-33,50-51,58-61H,3-9,20,23-29,34-37H2,1-2H3/p+2. The Kier molecular flexibility index (Phi) is 22.3. The molecule has 0 fully saturated rings. The predicted octanol–water partition coefficient (Wildman–Crippen LogP) is 4.11. The molecule has 18 heteroatoms. The van der Waals surface area contributed by atoms with Crippen LogP contribution in [0.1, 0.15) is 65.5 Å². The molecule has 6 rings (SSSR count). The molecule has 4 aromatic rings. The third-order valence-corrected chi connectivity index (χ3v) is 14.2. The molecule has 0 spiro atoms. The van der Waals surface area contributed by atoms with Gasteiger partial charge in [-0.3, -0.25) is 9.59 Å². The quantitative estimate of drug-likeness (QED) is 0.0119. The summed E-state index contributed by atoms with van der Waals surface area (Å²) in [6.07, 6.45) is 17.2. The summed E-state index contributed by atoms with van der Waals surface area (Å²) in [5.41, 5.74) is 11.3. The number of aliphatic hydroxyl groups is 4. The first kappa shape index (κ1) is 53.5. The van der Waals surface area contributed by atoms with Crippen molar-refractivity contribution in [2.24, 2.45) is 0 Å². The lowest BCUT2D eigenvalue weighted by atomic mass is 9.87. The second kappa shape index (κ2) is 28.7. The molecular weight excluding hydrogens is 921 g/mol. The van der Waals surface area contributed by atoms with Gasteiger partial charge < -0.3 is 40.9 Å². The summed E-state index contributed by atoms with van der Waals surface area (Å²) < 4.78 is 3.76. The molecule has 2 aromatic heterocycles. The van der Waals surface area contributed by atoms with Crippen molar-refractivity contribution < 1.29 is 58.7 Å². The first-order valence-corrected chi connectivity index (χ1v) is 26.0. The highest BCUT2D eigenvalue weighted by atomic mass is 33.1. The molecule has 2 aliphatic rings. The lowest BCUT2D eigenvalue weighted by Crippen LogP contribution is -2.47. The molecule has 2 aliphatic carbocycles. The molecule has 2 heterocycles. The minimum Gasteiger partial charge on any atom is -0.396 e. The first-order chi connectivity index (χ1) is 33.7. The number of amides is 2. The molecule has 0 radical (unpaired) electrons. The molecule has 0 bridgehead atoms. The largest absolute Gasteiger partial charge is 0.396 e. The van der Waals surface area contributed by atoms with Crippen LogP contribution in [-0.2, 0) is 55.1 Å². The highest BCUT2D eigenvalue weighted by Crippen LogP contribution is 2.33. The summed E-state index contributed by atoms with van der Waals surface area (Å²) in [7, 11) is 5.64. The van der Waals surface area contributed by atoms with Crippen LogP contribution in [0.2, 0.25) is 0 Å². The Balaban J connectivity index is 0.960. The van der Waals surface area contributed by atoms with Gasteiger partial charge in [-0.05, 0) is 103 Å². The van der Waals surface area contributed by atoms with E-state index in [9.17, 15) is 30.0 Å². The van der Waals surface area contributed by atoms with Crippen LogP contribution in [0.4, 0.5) is 11.4 Å². The van der Waals surface area contributed by atoms with Crippen molar-refractivity contribution in [2.45, 2.75) is 70.5 Å². The van der Waals surface area contributed by atoms with Crippen LogP contribution in [0.25, 0.3) is 23.3 Å². The fourth-order valence-corrected chi connectivity index (χ4v) is 10.7. The second-order valence-corrected chi connectivity index (χ2v) is 19.3. The molecule has 2 amide bonds. The zero-order valence-corrected chi connectivity index (χ0v) is 41.3. The van der Waals surface area contributed by atoms with Crippen molar-refractivity contribution >= 4 is 68.1 Å². The van der Waals surface area contributed by atoms with Gasteiger partial charge in [0.15, 0.2) is 37.2 Å². The van der Waals surface area contributed by atoms with Gasteiger partial charge in [0.05, 0.1) is 45.5 Å². The van der Waals surface area contributed by atoms with E-state index in [1.54, 1.807) is 0 Å². The van der Waals surface area contributed by atoms with Gasteiger partial charge in [-0.1, -0.05) is 58.0 Å². The number of aromatic nitrogens is 2. The van der Waals surface area contributed by atoms with Crippen molar-refractivity contribution in [2.75, 3.05) is 88.1 Å². The van der Waals surface area contributed by atoms with Crippen LogP contribution in [0.3, 0.4) is 0 Å². The number of hydrogen-bond donors (Lipinski definition) is 6. The highest BCUT2D eigenvalue weighted by molar-refractivity contribution is 8.76. The fourth-order valence-electron chi connectivity index (χ4n) is 8.66. The summed E-state index contributed by atoms with van der Waals surface area (Å²) in [5.74, 6) is 0.231. The van der Waals surface area contributed by atoms with E-state index in [0.29, 0.717) is 44.1 Å². The number of hydrogen-bond acceptors (Lipinski definition) is 14. The minimum atomic E-state index is -0.734. The van der Waals surface area contributed by atoms with Gasteiger partial charge in [-0.2, -0.15) is 9.13 Å². The molecule has 2 unspecified atom stereocenters. The van der Waals surface area contributed by atoms with E-state index in [4.69, 9.17) is 19.6 Å². The Labute approximate surface area is 413 Å². The number of aliphatic hydroxyl groups excluding tert-OH is 4. The van der Waals surface area contributed by atoms with Crippen molar-refractivity contribution in [1.29, 1.82) is 0 Å². The number of anilines is 2. The number of rotatable bonds is 28. The maximum absolute atomic E-state index is 13.2. The van der Waals surface area contributed by atoms with Crippen molar-refractivity contribution in [3.05, 3.63) is 119 Å². The Bertz CT molecular complexity index is 2300. The van der Waals surface area contributed by atoms with Gasteiger partial charge in [-0.25, -0.2) is 19.6 Å². The van der Waals surface area contributed by atoms with Gasteiger partial charge in [0.1, 0.15) is 0 Å². The topological polar surface area (TPSA) is 190 Å². The smallest absolute Gasteiger partial charge is 0.288 e. The molecule has 2 atom stereocenters. The first-order valence-electron chi connectivity index (χ1n) is 23.5. The number of nitrogens with zero attached hydrogens (tertiary/aromatic N) is 4. The number of pyridine rings is 2. The molecular formula is C51H68N6O10S2+2. The van der Waals surface area contributed by atoms with E-state index >= 15 is 0 Å². The summed E-state index contributed by atoms with van der Waals surface area (Å²) in [6, 6.07) is 20.5. The van der Waals surface area contributed by atoms with Crippen molar-refractivity contribution in [3.8, 4) is 0 Å². The van der Waals surface area contributed by atoms with Crippen LogP contribution in [0.15, 0.2) is 85.5 Å². The lowest BCUT2D eigenvalue weighted by molar-refractivity contribution is -0.685. The Hall–Kier alpha value is -4.86. The van der Waals surface area contributed by atoms with E-state index in [1.807, 2.05) is 51.0 Å². The Morgan fingerprint density at radius 1 is 0.609 bits per heavy atom. The van der Waals surface area contributed by atoms with Crippen LogP contribution in [0, 0.1) is 0 Å². The molecule has 0 aliphatic heterocycles. The Morgan fingerprint density at radius 2 is 1.03 bits per heavy atom. The SMILES string of the molecule is COOC(CSSCC(NC(=O)C[n+]1ccc2c(c1)CCCC2=Cc1ccc(N(CCO)CCCO)cc1)OOC)NC(=O)C[n+]1ccc2c(c1)CCCC2=Cc1ccc(N(CCO)CCO)cc1. The van der Waals surface area contributed by atoms with Crippen LogP contribution < -0.4 is 29.6 Å². The monoisotopic (exact) mass is 988 g/mol. The minimum absolute atomic E-state index is 0.0148. The maximum atomic E-state index is 13.2. The van der Waals surface area contributed by atoms with Gasteiger partial charge in [0, 0.05) is 67.4 Å². The van der Waals surface area contributed by atoms with Gasteiger partial charge >= 0.3 is 0 Å². The number of benzene rings is 2. The summed E-state index contributed by atoms with van der Waals surface area (Å²) in [6.45, 7) is 2.48. The number of carbonyl (C=O) groups excluding carboxylic acids is 2. The average molecular weight is 989 g/mol. The van der Waals surface area contributed by atoms with E-state index in [2.05, 4.69) is 76.2 Å². The number of nitrogens with one attached hydrogen (secondary N) is 2. The van der Waals surface area contributed by atoms with Gasteiger partial charge in [-0.15, -0.1) is 0 Å². The number of carbonyl (C=O) groups is 2. The fraction of sp³-hybridized carbons (Fsp3) is 0.451. The van der Waals surface area contributed by atoms with E-state index in [-0.39, 0.29) is 51.3 Å². The van der Waals surface area contributed by atoms with E-state index < -0.39 is 12.5 Å². The number of aryl methyl sites for hydroxylation is 2. The van der Waals surface area contributed by atoms with Crippen LogP contribution in [0.5, 0.6) is 0 Å². The third-order valence-electron chi connectivity index (χ3n) is 11.8.